The SMILES string of the molecule is CCCCCCCCCCCCCCCCCCC[C@H](COC(c1ccccc1)(c1ccccc1)c1ccccc1)OCc1ccc(C#N)c(OC)c1. The second kappa shape index (κ2) is 25.2. The Morgan fingerprint density at radius 3 is 1.42 bits per heavy atom. The highest BCUT2D eigenvalue weighted by Crippen LogP contribution is 2.41. The maximum Gasteiger partial charge on any atom is 0.143 e. The first-order valence-electron chi connectivity index (χ1n) is 20.7. The van der Waals surface area contributed by atoms with Gasteiger partial charge in [-0.3, -0.25) is 0 Å². The molecule has 0 aromatic heterocycles. The van der Waals surface area contributed by atoms with Crippen molar-refractivity contribution < 1.29 is 14.2 Å². The van der Waals surface area contributed by atoms with Crippen molar-refractivity contribution in [2.24, 2.45) is 0 Å². The summed E-state index contributed by atoms with van der Waals surface area (Å²) < 4.78 is 19.4. The molecule has 0 unspecified atom stereocenters. The molecule has 0 fully saturated rings. The van der Waals surface area contributed by atoms with Crippen LogP contribution in [0.15, 0.2) is 109 Å². The maximum absolute atomic E-state index is 9.48. The molecule has 4 aromatic rings. The Hall–Kier alpha value is -3.91. The summed E-state index contributed by atoms with van der Waals surface area (Å²) in [4.78, 5) is 0. The van der Waals surface area contributed by atoms with E-state index < -0.39 is 5.60 Å². The van der Waals surface area contributed by atoms with Gasteiger partial charge in [-0.15, -0.1) is 0 Å². The first-order chi connectivity index (χ1) is 26.2. The van der Waals surface area contributed by atoms with E-state index in [-0.39, 0.29) is 6.10 Å². The minimum absolute atomic E-state index is 0.108. The molecule has 4 aromatic carbocycles. The Balaban J connectivity index is 1.33. The van der Waals surface area contributed by atoms with E-state index in [1.54, 1.807) is 7.11 Å². The standard InChI is InChI=1S/C49H65NO3/c1-3-4-5-6-7-8-9-10-11-12-13-14-15-16-17-18-28-35-47(52-40-42-36-37-43(39-50)48(38-42)51-2)41-53-49(44-29-22-19-23-30-44,45-31-24-20-25-32-45)46-33-26-21-27-34-46/h19-27,29-34,36-38,47H,3-18,28,35,40-41H2,1-2H3/t47-/m1/s1. The van der Waals surface area contributed by atoms with Crippen LogP contribution >= 0.6 is 0 Å². The van der Waals surface area contributed by atoms with Gasteiger partial charge in [-0.05, 0) is 40.8 Å². The summed E-state index contributed by atoms with van der Waals surface area (Å²) in [6, 6.07) is 39.5. The topological polar surface area (TPSA) is 51.5 Å². The molecule has 4 heteroatoms. The van der Waals surface area contributed by atoms with Crippen LogP contribution in [0, 0.1) is 11.3 Å². The average Bonchev–Trinajstić information content (AvgIpc) is 3.22. The highest BCUT2D eigenvalue weighted by molar-refractivity contribution is 5.47. The number of nitriles is 1. The van der Waals surface area contributed by atoms with Gasteiger partial charge in [0, 0.05) is 0 Å². The molecule has 1 atom stereocenters. The van der Waals surface area contributed by atoms with Gasteiger partial charge in [0.05, 0.1) is 32.0 Å². The predicted molar refractivity (Wildman–Crippen MR) is 220 cm³/mol. The Morgan fingerprint density at radius 1 is 0.566 bits per heavy atom. The van der Waals surface area contributed by atoms with E-state index in [0.29, 0.717) is 24.5 Å². The van der Waals surface area contributed by atoms with Gasteiger partial charge in [0.15, 0.2) is 0 Å². The summed E-state index contributed by atoms with van der Waals surface area (Å²) in [6.45, 7) is 3.15. The minimum Gasteiger partial charge on any atom is -0.495 e. The van der Waals surface area contributed by atoms with Crippen LogP contribution in [0.4, 0.5) is 0 Å². The first kappa shape index (κ1) is 41.8. The second-order valence-electron chi connectivity index (χ2n) is 14.6. The van der Waals surface area contributed by atoms with Crippen molar-refractivity contribution in [2.45, 2.75) is 141 Å². The van der Waals surface area contributed by atoms with Gasteiger partial charge >= 0.3 is 0 Å². The zero-order valence-electron chi connectivity index (χ0n) is 32.8. The zero-order valence-corrected chi connectivity index (χ0v) is 32.8. The summed E-state index contributed by atoms with van der Waals surface area (Å²) in [5, 5.41) is 9.48. The van der Waals surface area contributed by atoms with E-state index in [2.05, 4.69) is 104 Å². The molecule has 0 amide bonds. The van der Waals surface area contributed by atoms with Crippen LogP contribution in [-0.2, 0) is 21.7 Å². The first-order valence-corrected chi connectivity index (χ1v) is 20.7. The molecule has 0 bridgehead atoms. The fourth-order valence-corrected chi connectivity index (χ4v) is 7.43. The Morgan fingerprint density at radius 2 is 1.00 bits per heavy atom. The molecule has 4 rings (SSSR count). The van der Waals surface area contributed by atoms with E-state index in [1.807, 2.05) is 18.2 Å². The largest absolute Gasteiger partial charge is 0.495 e. The average molecular weight is 716 g/mol. The maximum atomic E-state index is 9.48. The number of hydrogen-bond donors (Lipinski definition) is 0. The number of nitrogens with zero attached hydrogens (tertiary/aromatic N) is 1. The molecule has 53 heavy (non-hydrogen) atoms. The fraction of sp³-hybridized carbons (Fsp3) is 0.490. The van der Waals surface area contributed by atoms with Crippen LogP contribution in [0.3, 0.4) is 0 Å². The third-order valence-electron chi connectivity index (χ3n) is 10.5. The molecule has 0 aliphatic carbocycles. The van der Waals surface area contributed by atoms with Crippen LogP contribution < -0.4 is 4.74 Å². The van der Waals surface area contributed by atoms with Crippen LogP contribution in [0.5, 0.6) is 5.75 Å². The summed E-state index contributed by atoms with van der Waals surface area (Å²) >= 11 is 0. The number of hydrogen-bond acceptors (Lipinski definition) is 4. The molecule has 0 N–H and O–H groups in total. The third-order valence-corrected chi connectivity index (χ3v) is 10.5. The molecular weight excluding hydrogens is 651 g/mol. The van der Waals surface area contributed by atoms with Crippen LogP contribution in [-0.4, -0.2) is 19.8 Å². The van der Waals surface area contributed by atoms with E-state index in [0.717, 1.165) is 35.1 Å². The van der Waals surface area contributed by atoms with Gasteiger partial charge < -0.3 is 14.2 Å². The molecule has 0 saturated carbocycles. The molecule has 284 valence electrons. The lowest BCUT2D eigenvalue weighted by Crippen LogP contribution is -2.36. The van der Waals surface area contributed by atoms with Gasteiger partial charge in [-0.2, -0.15) is 5.26 Å². The lowest BCUT2D eigenvalue weighted by Gasteiger charge is -2.37. The monoisotopic (exact) mass is 715 g/mol. The highest BCUT2D eigenvalue weighted by Gasteiger charge is 2.38. The van der Waals surface area contributed by atoms with Crippen molar-refractivity contribution in [3.8, 4) is 11.8 Å². The predicted octanol–water partition coefficient (Wildman–Crippen LogP) is 13.5. The van der Waals surface area contributed by atoms with Gasteiger partial charge in [0.1, 0.15) is 17.4 Å². The van der Waals surface area contributed by atoms with Crippen molar-refractivity contribution >= 4 is 0 Å². The number of ether oxygens (including phenoxy) is 3. The van der Waals surface area contributed by atoms with E-state index in [4.69, 9.17) is 14.2 Å². The molecule has 4 nitrogen and oxygen atoms in total. The normalized spacial score (nSPS) is 12.0. The van der Waals surface area contributed by atoms with Crippen molar-refractivity contribution in [3.05, 3.63) is 137 Å². The number of benzene rings is 4. The minimum atomic E-state index is -0.794. The van der Waals surface area contributed by atoms with Gasteiger partial charge in [0.25, 0.3) is 0 Å². The Kier molecular flexibility index (Phi) is 19.9. The van der Waals surface area contributed by atoms with E-state index in [9.17, 15) is 5.26 Å². The molecule has 0 aliphatic heterocycles. The Labute approximate surface area is 321 Å². The van der Waals surface area contributed by atoms with E-state index in [1.165, 1.54) is 103 Å². The smallest absolute Gasteiger partial charge is 0.143 e. The molecule has 0 radical (unpaired) electrons. The summed E-state index contributed by atoms with van der Waals surface area (Å²) in [5.41, 5.74) is 3.98. The third kappa shape index (κ3) is 14.1. The molecular formula is C49H65NO3. The zero-order chi connectivity index (χ0) is 37.2. The number of methoxy groups -OCH3 is 1. The van der Waals surface area contributed by atoms with Crippen molar-refractivity contribution in [1.82, 2.24) is 0 Å². The quantitative estimate of drug-likeness (QED) is 0.0434. The second-order valence-corrected chi connectivity index (χ2v) is 14.6. The molecule has 0 saturated heterocycles. The number of unbranched alkanes of at least 4 members (excludes halogenated alkanes) is 16. The molecule has 0 heterocycles. The van der Waals surface area contributed by atoms with Gasteiger partial charge in [-0.1, -0.05) is 213 Å². The molecule has 0 aliphatic rings. The van der Waals surface area contributed by atoms with E-state index >= 15 is 0 Å². The van der Waals surface area contributed by atoms with Crippen LogP contribution in [0.1, 0.15) is 150 Å². The Bertz CT molecular complexity index is 1450. The lowest BCUT2D eigenvalue weighted by molar-refractivity contribution is -0.0731. The fourth-order valence-electron chi connectivity index (χ4n) is 7.43. The highest BCUT2D eigenvalue weighted by atomic mass is 16.5. The molecule has 0 spiro atoms. The summed E-state index contributed by atoms with van der Waals surface area (Å²) in [7, 11) is 1.60. The van der Waals surface area contributed by atoms with Gasteiger partial charge in [0.2, 0.25) is 0 Å². The number of rotatable bonds is 28. The van der Waals surface area contributed by atoms with Crippen LogP contribution in [0.2, 0.25) is 0 Å². The van der Waals surface area contributed by atoms with Gasteiger partial charge in [-0.25, -0.2) is 0 Å². The summed E-state index contributed by atoms with van der Waals surface area (Å²) in [6.07, 6.45) is 23.9. The van der Waals surface area contributed by atoms with Crippen LogP contribution in [0.25, 0.3) is 0 Å². The van der Waals surface area contributed by atoms with Crippen molar-refractivity contribution in [1.29, 1.82) is 5.26 Å². The summed E-state index contributed by atoms with van der Waals surface area (Å²) in [5.74, 6) is 0.575. The van der Waals surface area contributed by atoms with Crippen molar-refractivity contribution in [2.75, 3.05) is 13.7 Å². The lowest BCUT2D eigenvalue weighted by atomic mass is 9.80. The van der Waals surface area contributed by atoms with Crippen molar-refractivity contribution in [3.63, 3.8) is 0 Å².